The highest BCUT2D eigenvalue weighted by Gasteiger charge is 2.31. The van der Waals surface area contributed by atoms with Crippen molar-refractivity contribution in [3.8, 4) is 0 Å². The maximum Gasteiger partial charge on any atom is 0.254 e. The van der Waals surface area contributed by atoms with Gasteiger partial charge in [-0.15, -0.1) is 0 Å². The van der Waals surface area contributed by atoms with Gasteiger partial charge in [-0.2, -0.15) is 0 Å². The first-order valence-electron chi connectivity index (χ1n) is 8.21. The van der Waals surface area contributed by atoms with Gasteiger partial charge in [-0.3, -0.25) is 9.59 Å². The number of rotatable bonds is 1. The molecule has 0 bridgehead atoms. The van der Waals surface area contributed by atoms with Crippen LogP contribution >= 0.6 is 0 Å². The molecule has 6 heteroatoms. The molecule has 0 unspecified atom stereocenters. The molecule has 24 heavy (non-hydrogen) atoms. The van der Waals surface area contributed by atoms with E-state index in [9.17, 15) is 9.59 Å². The lowest BCUT2D eigenvalue weighted by Crippen LogP contribution is -2.53. The first-order chi connectivity index (χ1) is 11.3. The molecule has 0 spiro atoms. The number of hydrogen-bond acceptors (Lipinski definition) is 4. The lowest BCUT2D eigenvalue weighted by molar-refractivity contribution is -0.140. The third-order valence-corrected chi connectivity index (χ3v) is 4.24. The number of piperazine rings is 1. The largest absolute Gasteiger partial charge is 0.441 e. The Labute approximate surface area is 141 Å². The maximum atomic E-state index is 12.7. The zero-order valence-corrected chi connectivity index (χ0v) is 14.6. The van der Waals surface area contributed by atoms with Crippen LogP contribution in [0.1, 0.15) is 37.0 Å². The first kappa shape index (κ1) is 16.5. The van der Waals surface area contributed by atoms with Gasteiger partial charge in [-0.1, -0.05) is 20.8 Å². The summed E-state index contributed by atoms with van der Waals surface area (Å²) in [5.41, 5.74) is 1.60. The van der Waals surface area contributed by atoms with Gasteiger partial charge in [0.1, 0.15) is 5.52 Å². The Kier molecular flexibility index (Phi) is 4.07. The van der Waals surface area contributed by atoms with Crippen molar-refractivity contribution in [3.05, 3.63) is 29.7 Å². The Morgan fingerprint density at radius 3 is 2.33 bits per heavy atom. The van der Waals surface area contributed by atoms with Gasteiger partial charge in [0.05, 0.1) is 0 Å². The molecule has 1 fully saturated rings. The predicted octanol–water partition coefficient (Wildman–Crippen LogP) is 2.47. The van der Waals surface area contributed by atoms with Gasteiger partial charge < -0.3 is 14.2 Å². The second-order valence-corrected chi connectivity index (χ2v) is 7.25. The molecule has 0 saturated carbocycles. The Morgan fingerprint density at radius 1 is 1.08 bits per heavy atom. The van der Waals surface area contributed by atoms with E-state index in [0.29, 0.717) is 48.7 Å². The highest BCUT2D eigenvalue weighted by Crippen LogP contribution is 2.21. The quantitative estimate of drug-likeness (QED) is 0.806. The molecule has 1 aliphatic rings. The van der Waals surface area contributed by atoms with E-state index in [1.54, 1.807) is 30.0 Å². The van der Waals surface area contributed by atoms with Crippen LogP contribution in [0.2, 0.25) is 0 Å². The Morgan fingerprint density at radius 2 is 1.71 bits per heavy atom. The van der Waals surface area contributed by atoms with Crippen molar-refractivity contribution in [2.24, 2.45) is 5.41 Å². The molecule has 0 N–H and O–H groups in total. The summed E-state index contributed by atoms with van der Waals surface area (Å²) in [5.74, 6) is 0.693. The molecule has 2 aromatic rings. The van der Waals surface area contributed by atoms with Gasteiger partial charge in [-0.25, -0.2) is 4.98 Å². The number of amides is 2. The number of aromatic nitrogens is 1. The van der Waals surface area contributed by atoms with E-state index in [4.69, 9.17) is 4.42 Å². The number of hydrogen-bond donors (Lipinski definition) is 0. The fraction of sp³-hybridized carbons (Fsp3) is 0.500. The Hall–Kier alpha value is -2.37. The van der Waals surface area contributed by atoms with E-state index < -0.39 is 0 Å². The normalized spacial score (nSPS) is 15.8. The highest BCUT2D eigenvalue weighted by atomic mass is 16.3. The zero-order chi connectivity index (χ0) is 17.5. The third kappa shape index (κ3) is 3.13. The summed E-state index contributed by atoms with van der Waals surface area (Å²) in [5, 5.41) is 0. The lowest BCUT2D eigenvalue weighted by atomic mass is 9.94. The molecular weight excluding hydrogens is 306 g/mol. The average molecular weight is 329 g/mol. The van der Waals surface area contributed by atoms with Crippen molar-refractivity contribution in [2.45, 2.75) is 27.7 Å². The lowest BCUT2D eigenvalue weighted by Gasteiger charge is -2.37. The second-order valence-electron chi connectivity index (χ2n) is 7.25. The monoisotopic (exact) mass is 329 g/mol. The van der Waals surface area contributed by atoms with Gasteiger partial charge >= 0.3 is 0 Å². The standard InChI is InChI=1S/C18H23N3O3/c1-12-19-14-11-13(5-6-15(14)24-12)16(22)20-7-9-21(10-8-20)17(23)18(2,3)4/h5-6,11H,7-10H2,1-4H3. The van der Waals surface area contributed by atoms with E-state index in [1.807, 2.05) is 25.7 Å². The van der Waals surface area contributed by atoms with Crippen LogP contribution in [0.5, 0.6) is 0 Å². The van der Waals surface area contributed by atoms with E-state index >= 15 is 0 Å². The zero-order valence-electron chi connectivity index (χ0n) is 14.6. The molecule has 0 atom stereocenters. The highest BCUT2D eigenvalue weighted by molar-refractivity contribution is 5.97. The van der Waals surface area contributed by atoms with Crippen molar-refractivity contribution < 1.29 is 14.0 Å². The van der Waals surface area contributed by atoms with E-state index in [2.05, 4.69) is 4.98 Å². The minimum absolute atomic E-state index is 0.0274. The number of fused-ring (bicyclic) bond motifs is 1. The molecule has 1 aromatic carbocycles. The molecular formula is C18H23N3O3. The summed E-state index contributed by atoms with van der Waals surface area (Å²) >= 11 is 0. The Balaban J connectivity index is 1.69. The molecule has 0 radical (unpaired) electrons. The number of aryl methyl sites for hydroxylation is 1. The van der Waals surface area contributed by atoms with Crippen molar-refractivity contribution in [1.29, 1.82) is 0 Å². The van der Waals surface area contributed by atoms with Crippen LogP contribution in [0.15, 0.2) is 22.6 Å². The summed E-state index contributed by atoms with van der Waals surface area (Å²) in [6, 6.07) is 5.31. The van der Waals surface area contributed by atoms with Crippen LogP contribution in [0.4, 0.5) is 0 Å². The first-order valence-corrected chi connectivity index (χ1v) is 8.21. The van der Waals surface area contributed by atoms with Gasteiger partial charge in [0.2, 0.25) is 5.91 Å². The molecule has 2 amide bonds. The van der Waals surface area contributed by atoms with Crippen LogP contribution < -0.4 is 0 Å². The maximum absolute atomic E-state index is 12.7. The van der Waals surface area contributed by atoms with Crippen molar-refractivity contribution in [2.75, 3.05) is 26.2 Å². The third-order valence-electron chi connectivity index (χ3n) is 4.24. The van der Waals surface area contributed by atoms with E-state index in [1.165, 1.54) is 0 Å². The van der Waals surface area contributed by atoms with Crippen LogP contribution in [0, 0.1) is 12.3 Å². The molecule has 1 aromatic heterocycles. The SMILES string of the molecule is Cc1nc2cc(C(=O)N3CCN(C(=O)C(C)(C)C)CC3)ccc2o1. The van der Waals surface area contributed by atoms with E-state index in [0.717, 1.165) is 0 Å². The predicted molar refractivity (Wildman–Crippen MR) is 90.7 cm³/mol. The minimum atomic E-state index is -0.387. The van der Waals surface area contributed by atoms with Crippen LogP contribution in [-0.4, -0.2) is 52.8 Å². The molecule has 0 aliphatic carbocycles. The average Bonchev–Trinajstić information content (AvgIpc) is 2.91. The van der Waals surface area contributed by atoms with Crippen LogP contribution in [0.3, 0.4) is 0 Å². The fourth-order valence-corrected chi connectivity index (χ4v) is 2.95. The second kappa shape index (κ2) is 5.92. The smallest absolute Gasteiger partial charge is 0.254 e. The molecule has 2 heterocycles. The van der Waals surface area contributed by atoms with E-state index in [-0.39, 0.29) is 17.2 Å². The van der Waals surface area contributed by atoms with Gasteiger partial charge in [0.15, 0.2) is 11.5 Å². The molecule has 6 nitrogen and oxygen atoms in total. The number of carbonyl (C=O) groups excluding carboxylic acids is 2. The van der Waals surface area contributed by atoms with Crippen LogP contribution in [0.25, 0.3) is 11.1 Å². The number of benzene rings is 1. The number of nitrogens with zero attached hydrogens (tertiary/aromatic N) is 3. The van der Waals surface area contributed by atoms with Gasteiger partial charge in [0, 0.05) is 44.1 Å². The molecule has 128 valence electrons. The summed E-state index contributed by atoms with van der Waals surface area (Å²) in [6.07, 6.45) is 0. The summed E-state index contributed by atoms with van der Waals surface area (Å²) < 4.78 is 5.44. The van der Waals surface area contributed by atoms with Crippen molar-refractivity contribution >= 4 is 22.9 Å². The number of carbonyl (C=O) groups is 2. The van der Waals surface area contributed by atoms with Gasteiger partial charge in [-0.05, 0) is 18.2 Å². The van der Waals surface area contributed by atoms with Crippen LogP contribution in [-0.2, 0) is 4.79 Å². The summed E-state index contributed by atoms with van der Waals surface area (Å²) in [6.45, 7) is 9.80. The Bertz CT molecular complexity index is 780. The van der Waals surface area contributed by atoms with Crippen molar-refractivity contribution in [1.82, 2.24) is 14.8 Å². The molecule has 1 saturated heterocycles. The molecule has 1 aliphatic heterocycles. The number of oxazole rings is 1. The fourth-order valence-electron chi connectivity index (χ4n) is 2.95. The van der Waals surface area contributed by atoms with Crippen molar-refractivity contribution in [3.63, 3.8) is 0 Å². The summed E-state index contributed by atoms with van der Waals surface area (Å²) in [7, 11) is 0. The minimum Gasteiger partial charge on any atom is -0.441 e. The van der Waals surface area contributed by atoms with Gasteiger partial charge in [0.25, 0.3) is 5.91 Å². The molecule has 3 rings (SSSR count). The topological polar surface area (TPSA) is 66.7 Å². The summed E-state index contributed by atoms with van der Waals surface area (Å²) in [4.78, 5) is 32.9.